The number of aromatic nitrogens is 2. The van der Waals surface area contributed by atoms with E-state index in [0.29, 0.717) is 19.6 Å². The second-order valence-electron chi connectivity index (χ2n) is 7.28. The summed E-state index contributed by atoms with van der Waals surface area (Å²) in [6, 6.07) is 10.9. The van der Waals surface area contributed by atoms with Gasteiger partial charge in [0.05, 0.1) is 17.5 Å². The van der Waals surface area contributed by atoms with Crippen LogP contribution in [0.25, 0.3) is 0 Å². The van der Waals surface area contributed by atoms with Gasteiger partial charge in [0.25, 0.3) is 0 Å². The molecule has 2 saturated heterocycles. The highest BCUT2D eigenvalue weighted by molar-refractivity contribution is 7.91. The van der Waals surface area contributed by atoms with Crippen molar-refractivity contribution in [2.24, 2.45) is 0 Å². The van der Waals surface area contributed by atoms with Crippen LogP contribution in [-0.4, -0.2) is 70.4 Å². The number of nitrogens with zero attached hydrogens (tertiary/aromatic N) is 4. The molecular formula is C19H22N4O4S. The molecule has 2 aliphatic heterocycles. The number of benzene rings is 1. The predicted molar refractivity (Wildman–Crippen MR) is 103 cm³/mol. The summed E-state index contributed by atoms with van der Waals surface area (Å²) in [5, 5.41) is 0. The molecule has 2 atom stereocenters. The van der Waals surface area contributed by atoms with Crippen LogP contribution in [0.2, 0.25) is 0 Å². The minimum Gasteiger partial charge on any atom is -0.334 e. The van der Waals surface area contributed by atoms with Crippen LogP contribution in [-0.2, 0) is 27.7 Å². The number of sulfone groups is 1. The first-order chi connectivity index (χ1) is 13.4. The van der Waals surface area contributed by atoms with Crippen LogP contribution < -0.4 is 5.69 Å². The average Bonchev–Trinajstić information content (AvgIpc) is 3.00. The second kappa shape index (κ2) is 7.48. The molecule has 2 aliphatic rings. The Morgan fingerprint density at radius 3 is 2.57 bits per heavy atom. The van der Waals surface area contributed by atoms with Crippen molar-refractivity contribution < 1.29 is 13.2 Å². The zero-order valence-electron chi connectivity index (χ0n) is 15.3. The summed E-state index contributed by atoms with van der Waals surface area (Å²) in [7, 11) is -3.22. The number of amides is 1. The van der Waals surface area contributed by atoms with E-state index in [9.17, 15) is 18.0 Å². The Labute approximate surface area is 163 Å². The number of hydrogen-bond donors (Lipinski definition) is 0. The fraction of sp³-hybridized carbons (Fsp3) is 0.421. The fourth-order valence-corrected chi connectivity index (χ4v) is 6.10. The summed E-state index contributed by atoms with van der Waals surface area (Å²) in [5.74, 6) is -0.223. The van der Waals surface area contributed by atoms with Gasteiger partial charge in [-0.2, -0.15) is 0 Å². The molecule has 1 amide bonds. The van der Waals surface area contributed by atoms with Gasteiger partial charge in [0.1, 0.15) is 6.54 Å². The van der Waals surface area contributed by atoms with Gasteiger partial charge in [0.2, 0.25) is 5.91 Å². The van der Waals surface area contributed by atoms with Crippen LogP contribution in [0, 0.1) is 0 Å². The predicted octanol–water partition coefficient (Wildman–Crippen LogP) is -0.247. The normalized spacial score (nSPS) is 24.1. The summed E-state index contributed by atoms with van der Waals surface area (Å²) < 4.78 is 25.9. The minimum absolute atomic E-state index is 0.0311. The van der Waals surface area contributed by atoms with E-state index in [1.807, 2.05) is 30.3 Å². The molecule has 148 valence electrons. The van der Waals surface area contributed by atoms with Crippen molar-refractivity contribution in [3.8, 4) is 0 Å². The van der Waals surface area contributed by atoms with Crippen LogP contribution in [0.15, 0.2) is 53.6 Å². The standard InChI is InChI=1S/C19H22N4O4S/c24-18(12-22-8-4-7-20-19(22)25)23-10-9-21(11-15-5-2-1-3-6-15)16-13-28(26,27)14-17(16)23/h1-8,16-17H,9-14H2/t16-,17+/m1/s1. The molecule has 2 fully saturated rings. The smallest absolute Gasteiger partial charge is 0.334 e. The maximum Gasteiger partial charge on any atom is 0.347 e. The quantitative estimate of drug-likeness (QED) is 0.701. The maximum absolute atomic E-state index is 12.9. The van der Waals surface area contributed by atoms with Gasteiger partial charge < -0.3 is 4.90 Å². The number of carbonyl (C=O) groups excluding carboxylic acids is 1. The van der Waals surface area contributed by atoms with Crippen molar-refractivity contribution in [1.29, 1.82) is 0 Å². The minimum atomic E-state index is -3.22. The molecule has 3 heterocycles. The van der Waals surface area contributed by atoms with Crippen molar-refractivity contribution in [2.45, 2.75) is 25.2 Å². The van der Waals surface area contributed by atoms with Crippen molar-refractivity contribution in [2.75, 3.05) is 24.6 Å². The highest BCUT2D eigenvalue weighted by Gasteiger charge is 2.47. The van der Waals surface area contributed by atoms with Crippen LogP contribution in [0.3, 0.4) is 0 Å². The van der Waals surface area contributed by atoms with E-state index in [4.69, 9.17) is 0 Å². The van der Waals surface area contributed by atoms with Gasteiger partial charge in [-0.25, -0.2) is 18.2 Å². The number of hydrogen-bond acceptors (Lipinski definition) is 6. The largest absolute Gasteiger partial charge is 0.347 e. The van der Waals surface area contributed by atoms with E-state index in [-0.39, 0.29) is 36.0 Å². The van der Waals surface area contributed by atoms with Crippen molar-refractivity contribution in [1.82, 2.24) is 19.4 Å². The van der Waals surface area contributed by atoms with E-state index >= 15 is 0 Å². The molecular weight excluding hydrogens is 380 g/mol. The SMILES string of the molecule is O=C(Cn1cccnc1=O)N1CCN(Cc2ccccc2)[C@@H]2CS(=O)(=O)C[C@@H]21. The molecule has 8 nitrogen and oxygen atoms in total. The Morgan fingerprint density at radius 2 is 1.82 bits per heavy atom. The van der Waals surface area contributed by atoms with Gasteiger partial charge >= 0.3 is 5.69 Å². The third-order valence-electron chi connectivity index (χ3n) is 5.43. The molecule has 0 aliphatic carbocycles. The van der Waals surface area contributed by atoms with Gasteiger partial charge in [-0.1, -0.05) is 30.3 Å². The van der Waals surface area contributed by atoms with E-state index < -0.39 is 15.5 Å². The summed E-state index contributed by atoms with van der Waals surface area (Å²) >= 11 is 0. The highest BCUT2D eigenvalue weighted by atomic mass is 32.2. The van der Waals surface area contributed by atoms with Gasteiger partial charge in [0, 0.05) is 38.1 Å². The lowest BCUT2D eigenvalue weighted by atomic mass is 10.0. The summed E-state index contributed by atoms with van der Waals surface area (Å²) in [4.78, 5) is 32.1. The molecule has 4 rings (SSSR count). The number of piperazine rings is 1. The first-order valence-electron chi connectivity index (χ1n) is 9.22. The highest BCUT2D eigenvalue weighted by Crippen LogP contribution is 2.28. The molecule has 9 heteroatoms. The lowest BCUT2D eigenvalue weighted by molar-refractivity contribution is -0.137. The third kappa shape index (κ3) is 3.85. The Hall–Kier alpha value is -2.52. The molecule has 28 heavy (non-hydrogen) atoms. The van der Waals surface area contributed by atoms with Gasteiger partial charge in [0.15, 0.2) is 9.84 Å². The van der Waals surface area contributed by atoms with Gasteiger partial charge in [-0.05, 0) is 11.6 Å². The zero-order valence-corrected chi connectivity index (χ0v) is 16.2. The first kappa shape index (κ1) is 18.8. The molecule has 0 N–H and O–H groups in total. The Balaban J connectivity index is 1.54. The fourth-order valence-electron chi connectivity index (χ4n) is 4.09. The maximum atomic E-state index is 12.9. The molecule has 1 aromatic carbocycles. The molecule has 0 radical (unpaired) electrons. The van der Waals surface area contributed by atoms with Crippen molar-refractivity contribution >= 4 is 15.7 Å². The lowest BCUT2D eigenvalue weighted by Crippen LogP contribution is -2.60. The van der Waals surface area contributed by atoms with Crippen molar-refractivity contribution in [3.05, 3.63) is 64.8 Å². The van der Waals surface area contributed by atoms with Crippen LogP contribution >= 0.6 is 0 Å². The monoisotopic (exact) mass is 402 g/mol. The summed E-state index contributed by atoms with van der Waals surface area (Å²) in [6.45, 7) is 1.56. The third-order valence-corrected chi connectivity index (χ3v) is 7.13. The van der Waals surface area contributed by atoms with E-state index in [2.05, 4.69) is 9.88 Å². The van der Waals surface area contributed by atoms with E-state index in [0.717, 1.165) is 5.56 Å². The molecule has 0 unspecified atom stereocenters. The molecule has 0 spiro atoms. The summed E-state index contributed by atoms with van der Waals surface area (Å²) in [5.41, 5.74) is 0.626. The van der Waals surface area contributed by atoms with Crippen LogP contribution in [0.4, 0.5) is 0 Å². The first-order valence-corrected chi connectivity index (χ1v) is 11.0. The Morgan fingerprint density at radius 1 is 1.07 bits per heavy atom. The molecule has 0 saturated carbocycles. The average molecular weight is 402 g/mol. The zero-order chi connectivity index (χ0) is 19.7. The molecule has 2 aromatic rings. The number of carbonyl (C=O) groups is 1. The topological polar surface area (TPSA) is 92.6 Å². The number of fused-ring (bicyclic) bond motifs is 1. The van der Waals surface area contributed by atoms with Gasteiger partial charge in [-0.15, -0.1) is 0 Å². The summed E-state index contributed by atoms with van der Waals surface area (Å²) in [6.07, 6.45) is 2.90. The molecule has 0 bridgehead atoms. The second-order valence-corrected chi connectivity index (χ2v) is 9.44. The van der Waals surface area contributed by atoms with Crippen LogP contribution in [0.5, 0.6) is 0 Å². The van der Waals surface area contributed by atoms with Crippen molar-refractivity contribution in [3.63, 3.8) is 0 Å². The Bertz CT molecular complexity index is 1020. The van der Waals surface area contributed by atoms with E-state index in [1.54, 1.807) is 11.0 Å². The van der Waals surface area contributed by atoms with Crippen LogP contribution in [0.1, 0.15) is 5.56 Å². The Kier molecular flexibility index (Phi) is 5.03. The molecule has 1 aromatic heterocycles. The van der Waals surface area contributed by atoms with Gasteiger partial charge in [-0.3, -0.25) is 14.3 Å². The lowest BCUT2D eigenvalue weighted by Gasteiger charge is -2.44. The van der Waals surface area contributed by atoms with E-state index in [1.165, 1.54) is 17.0 Å². The number of rotatable bonds is 4.